The van der Waals surface area contributed by atoms with Gasteiger partial charge in [-0.15, -0.1) is 0 Å². The Hall–Kier alpha value is -2.27. The lowest BCUT2D eigenvalue weighted by molar-refractivity contribution is 0.137. The molecule has 1 unspecified atom stereocenters. The SMILES string of the molecule is CCOC(=O)N(C1CCN(CC(C)c2ccccc2)CC1)n1cccc1. The van der Waals surface area contributed by atoms with Crippen LogP contribution in [0.1, 0.15) is 38.2 Å². The van der Waals surface area contributed by atoms with Gasteiger partial charge in [0.25, 0.3) is 0 Å². The zero-order valence-corrected chi connectivity index (χ0v) is 15.8. The van der Waals surface area contributed by atoms with Gasteiger partial charge in [-0.3, -0.25) is 4.68 Å². The van der Waals surface area contributed by atoms with Crippen LogP contribution in [0.15, 0.2) is 54.9 Å². The molecule has 0 aliphatic carbocycles. The van der Waals surface area contributed by atoms with E-state index < -0.39 is 0 Å². The van der Waals surface area contributed by atoms with Crippen LogP contribution in [0.25, 0.3) is 0 Å². The van der Waals surface area contributed by atoms with Gasteiger partial charge in [-0.1, -0.05) is 37.3 Å². The number of piperidine rings is 1. The number of aromatic nitrogens is 1. The highest BCUT2D eigenvalue weighted by molar-refractivity contribution is 5.79. The molecule has 1 atom stereocenters. The smallest absolute Gasteiger partial charge is 0.429 e. The van der Waals surface area contributed by atoms with Crippen molar-refractivity contribution in [1.82, 2.24) is 9.58 Å². The standard InChI is InChI=1S/C21H29N3O2/c1-3-26-21(25)24(23-13-7-8-14-23)20-11-15-22(16-12-20)17-18(2)19-9-5-4-6-10-19/h4-10,13-14,18,20H,3,11-12,15-17H2,1-2H3. The van der Waals surface area contributed by atoms with Crippen molar-refractivity contribution in [3.8, 4) is 0 Å². The summed E-state index contributed by atoms with van der Waals surface area (Å²) >= 11 is 0. The van der Waals surface area contributed by atoms with Crippen LogP contribution < -0.4 is 5.01 Å². The number of benzene rings is 1. The van der Waals surface area contributed by atoms with Gasteiger partial charge in [-0.2, -0.15) is 0 Å². The number of hydrogen-bond donors (Lipinski definition) is 0. The normalized spacial score (nSPS) is 17.0. The van der Waals surface area contributed by atoms with E-state index in [1.165, 1.54) is 5.56 Å². The third-order valence-electron chi connectivity index (χ3n) is 5.10. The van der Waals surface area contributed by atoms with Crippen molar-refractivity contribution in [2.45, 2.75) is 38.6 Å². The molecule has 1 fully saturated rings. The van der Waals surface area contributed by atoms with Crippen LogP contribution in [0.4, 0.5) is 4.79 Å². The quantitative estimate of drug-likeness (QED) is 0.790. The number of likely N-dealkylation sites (tertiary alicyclic amines) is 1. The van der Waals surface area contributed by atoms with Gasteiger partial charge >= 0.3 is 6.09 Å². The Morgan fingerprint density at radius 2 is 1.81 bits per heavy atom. The van der Waals surface area contributed by atoms with E-state index in [1.54, 1.807) is 5.01 Å². The highest BCUT2D eigenvalue weighted by atomic mass is 16.6. The predicted octanol–water partition coefficient (Wildman–Crippen LogP) is 3.85. The molecule has 5 nitrogen and oxygen atoms in total. The molecular formula is C21H29N3O2. The van der Waals surface area contributed by atoms with Gasteiger partial charge in [0.2, 0.25) is 0 Å². The summed E-state index contributed by atoms with van der Waals surface area (Å²) in [7, 11) is 0. The molecule has 3 rings (SSSR count). The molecule has 0 N–H and O–H groups in total. The second kappa shape index (κ2) is 8.90. The number of ether oxygens (including phenoxy) is 1. The second-order valence-corrected chi connectivity index (χ2v) is 6.95. The van der Waals surface area contributed by atoms with Crippen molar-refractivity contribution in [1.29, 1.82) is 0 Å². The van der Waals surface area contributed by atoms with Crippen molar-refractivity contribution in [2.75, 3.05) is 31.3 Å². The van der Waals surface area contributed by atoms with Crippen LogP contribution in [0, 0.1) is 0 Å². The molecule has 0 bridgehead atoms. The van der Waals surface area contributed by atoms with Crippen LogP contribution in [-0.2, 0) is 4.74 Å². The van der Waals surface area contributed by atoms with Gasteiger partial charge < -0.3 is 9.64 Å². The lowest BCUT2D eigenvalue weighted by Crippen LogP contribution is -2.52. The summed E-state index contributed by atoms with van der Waals surface area (Å²) in [6, 6.07) is 14.7. The Morgan fingerprint density at radius 3 is 2.42 bits per heavy atom. The number of amides is 1. The number of nitrogens with zero attached hydrogens (tertiary/aromatic N) is 3. The first-order valence-corrected chi connectivity index (χ1v) is 9.55. The minimum atomic E-state index is -0.264. The Kier molecular flexibility index (Phi) is 6.34. The predicted molar refractivity (Wildman–Crippen MR) is 104 cm³/mol. The maximum absolute atomic E-state index is 12.5. The summed E-state index contributed by atoms with van der Waals surface area (Å²) in [6.07, 6.45) is 5.46. The maximum atomic E-state index is 12.5. The van der Waals surface area contributed by atoms with Gasteiger partial charge in [0.05, 0.1) is 12.6 Å². The van der Waals surface area contributed by atoms with Gasteiger partial charge in [-0.25, -0.2) is 9.80 Å². The summed E-state index contributed by atoms with van der Waals surface area (Å²) < 4.78 is 7.13. The van der Waals surface area contributed by atoms with E-state index in [-0.39, 0.29) is 12.1 Å². The number of rotatable bonds is 6. The maximum Gasteiger partial charge on any atom is 0.429 e. The summed E-state index contributed by atoms with van der Waals surface area (Å²) in [4.78, 5) is 15.0. The molecular weight excluding hydrogens is 326 g/mol. The first-order valence-electron chi connectivity index (χ1n) is 9.55. The molecule has 5 heteroatoms. The van der Waals surface area contributed by atoms with Crippen molar-refractivity contribution in [3.63, 3.8) is 0 Å². The number of hydrogen-bond acceptors (Lipinski definition) is 3. The number of carbonyl (C=O) groups excluding carboxylic acids is 1. The van der Waals surface area contributed by atoms with E-state index in [2.05, 4.69) is 42.2 Å². The van der Waals surface area contributed by atoms with Crippen LogP contribution in [0.2, 0.25) is 0 Å². The zero-order valence-electron chi connectivity index (χ0n) is 15.8. The van der Waals surface area contributed by atoms with Crippen LogP contribution >= 0.6 is 0 Å². The first kappa shape index (κ1) is 18.5. The van der Waals surface area contributed by atoms with E-state index in [0.717, 1.165) is 32.5 Å². The molecule has 1 aromatic heterocycles. The highest BCUT2D eigenvalue weighted by Gasteiger charge is 2.30. The van der Waals surface area contributed by atoms with E-state index in [1.807, 2.05) is 36.1 Å². The molecule has 26 heavy (non-hydrogen) atoms. The largest absolute Gasteiger partial charge is 0.448 e. The Labute approximate surface area is 156 Å². The molecule has 1 saturated heterocycles. The second-order valence-electron chi connectivity index (χ2n) is 6.95. The lowest BCUT2D eigenvalue weighted by Gasteiger charge is -2.38. The van der Waals surface area contributed by atoms with Crippen molar-refractivity contribution >= 4 is 6.09 Å². The third-order valence-corrected chi connectivity index (χ3v) is 5.10. The highest BCUT2D eigenvalue weighted by Crippen LogP contribution is 2.21. The average molecular weight is 355 g/mol. The Balaban J connectivity index is 1.58. The first-order chi connectivity index (χ1) is 12.7. The van der Waals surface area contributed by atoms with Gasteiger partial charge in [0.1, 0.15) is 0 Å². The minimum Gasteiger partial charge on any atom is -0.448 e. The molecule has 0 spiro atoms. The molecule has 140 valence electrons. The van der Waals surface area contributed by atoms with Crippen molar-refractivity contribution < 1.29 is 9.53 Å². The van der Waals surface area contributed by atoms with Crippen molar-refractivity contribution in [3.05, 3.63) is 60.4 Å². The van der Waals surface area contributed by atoms with Gasteiger partial charge in [0.15, 0.2) is 0 Å². The summed E-state index contributed by atoms with van der Waals surface area (Å²) in [5.41, 5.74) is 1.38. The molecule has 0 saturated carbocycles. The fourth-order valence-electron chi connectivity index (χ4n) is 3.71. The minimum absolute atomic E-state index is 0.171. The van der Waals surface area contributed by atoms with Gasteiger partial charge in [0, 0.05) is 32.0 Å². The number of carbonyl (C=O) groups is 1. The fraction of sp³-hybridized carbons (Fsp3) is 0.476. The van der Waals surface area contributed by atoms with Crippen molar-refractivity contribution in [2.24, 2.45) is 0 Å². The topological polar surface area (TPSA) is 37.7 Å². The summed E-state index contributed by atoms with van der Waals surface area (Å²) in [5.74, 6) is 0.512. The molecule has 1 aromatic carbocycles. The van der Waals surface area contributed by atoms with Crippen LogP contribution in [0.3, 0.4) is 0 Å². The summed E-state index contributed by atoms with van der Waals surface area (Å²) in [5, 5.41) is 1.77. The van der Waals surface area contributed by atoms with Crippen LogP contribution in [0.5, 0.6) is 0 Å². The molecule has 2 aromatic rings. The average Bonchev–Trinajstić information content (AvgIpc) is 3.18. The van der Waals surface area contributed by atoms with E-state index >= 15 is 0 Å². The Bertz CT molecular complexity index is 664. The molecule has 1 amide bonds. The van der Waals surface area contributed by atoms with Crippen LogP contribution in [-0.4, -0.2) is 48.0 Å². The molecule has 2 heterocycles. The third kappa shape index (κ3) is 4.47. The molecule has 1 aliphatic rings. The van der Waals surface area contributed by atoms with E-state index in [4.69, 9.17) is 4.74 Å². The van der Waals surface area contributed by atoms with E-state index in [0.29, 0.717) is 12.5 Å². The lowest BCUT2D eigenvalue weighted by atomic mass is 9.98. The Morgan fingerprint density at radius 1 is 1.15 bits per heavy atom. The summed E-state index contributed by atoms with van der Waals surface area (Å²) in [6.45, 7) is 7.58. The fourth-order valence-corrected chi connectivity index (χ4v) is 3.71. The van der Waals surface area contributed by atoms with Gasteiger partial charge in [-0.05, 0) is 43.4 Å². The molecule has 0 radical (unpaired) electrons. The zero-order chi connectivity index (χ0) is 18.4. The monoisotopic (exact) mass is 355 g/mol. The van der Waals surface area contributed by atoms with E-state index in [9.17, 15) is 4.79 Å². The molecule has 1 aliphatic heterocycles.